The van der Waals surface area contributed by atoms with Crippen molar-refractivity contribution < 1.29 is 4.74 Å². The van der Waals surface area contributed by atoms with Gasteiger partial charge in [0.25, 0.3) is 0 Å². The first-order chi connectivity index (χ1) is 11.3. The molecule has 1 N–H and O–H groups in total. The molecule has 3 unspecified atom stereocenters. The minimum absolute atomic E-state index is 0.377. The molecular weight excluding hydrogens is 282 g/mol. The number of hydrogen-bond acceptors (Lipinski definition) is 2. The Morgan fingerprint density at radius 1 is 1.13 bits per heavy atom. The van der Waals surface area contributed by atoms with E-state index in [0.29, 0.717) is 24.5 Å². The summed E-state index contributed by atoms with van der Waals surface area (Å²) in [4.78, 5) is 0. The van der Waals surface area contributed by atoms with Crippen molar-refractivity contribution in [2.45, 2.75) is 32.2 Å². The molecule has 2 aromatic carbocycles. The number of nitrogens with one attached hydrogen (secondary N) is 1. The monoisotopic (exact) mass is 305 g/mol. The molecule has 2 heteroatoms. The average molecular weight is 305 g/mol. The van der Waals surface area contributed by atoms with Crippen molar-refractivity contribution in [3.63, 3.8) is 0 Å². The Balaban J connectivity index is 1.76. The zero-order valence-corrected chi connectivity index (χ0v) is 13.8. The number of aryl methyl sites for hydroxylation is 1. The number of anilines is 1. The molecule has 2 aliphatic rings. The van der Waals surface area contributed by atoms with Crippen molar-refractivity contribution >= 4 is 5.69 Å². The van der Waals surface area contributed by atoms with Crippen molar-refractivity contribution in [3.8, 4) is 5.75 Å². The van der Waals surface area contributed by atoms with Gasteiger partial charge in [0.2, 0.25) is 0 Å². The molecule has 0 radical (unpaired) electrons. The van der Waals surface area contributed by atoms with Crippen molar-refractivity contribution in [2.75, 3.05) is 11.9 Å². The van der Waals surface area contributed by atoms with Gasteiger partial charge in [-0.2, -0.15) is 0 Å². The Morgan fingerprint density at radius 2 is 2.00 bits per heavy atom. The zero-order chi connectivity index (χ0) is 15.8. The molecule has 1 aliphatic carbocycles. The highest BCUT2D eigenvalue weighted by atomic mass is 16.5. The van der Waals surface area contributed by atoms with Gasteiger partial charge in [-0.1, -0.05) is 36.4 Å². The molecular formula is C21H23NO. The normalized spacial score (nSPS) is 24.7. The van der Waals surface area contributed by atoms with Gasteiger partial charge in [0.05, 0.1) is 12.6 Å². The van der Waals surface area contributed by atoms with Gasteiger partial charge in [-0.3, -0.25) is 0 Å². The fourth-order valence-electron chi connectivity index (χ4n) is 4.07. The molecule has 0 bridgehead atoms. The predicted octanol–water partition coefficient (Wildman–Crippen LogP) is 5.22. The maximum Gasteiger partial charge on any atom is 0.119 e. The van der Waals surface area contributed by atoms with Crippen molar-refractivity contribution in [3.05, 3.63) is 71.3 Å². The van der Waals surface area contributed by atoms with Crippen LogP contribution in [-0.4, -0.2) is 6.61 Å². The molecule has 2 nitrogen and oxygen atoms in total. The SMILES string of the molecule is CCOc1ccc2c(c1)C1C=CCC1C(c1ccccc1C)N2. The molecule has 0 aromatic heterocycles. The number of hydrogen-bond donors (Lipinski definition) is 1. The van der Waals surface area contributed by atoms with E-state index in [2.05, 4.69) is 66.9 Å². The van der Waals surface area contributed by atoms with Crippen LogP contribution in [0, 0.1) is 12.8 Å². The highest BCUT2D eigenvalue weighted by Gasteiger charge is 2.38. The third-order valence-electron chi connectivity index (χ3n) is 5.17. The summed E-state index contributed by atoms with van der Waals surface area (Å²) in [6.07, 6.45) is 5.85. The van der Waals surface area contributed by atoms with Gasteiger partial charge >= 0.3 is 0 Å². The Kier molecular flexibility index (Phi) is 3.60. The van der Waals surface area contributed by atoms with Crippen LogP contribution in [0.1, 0.15) is 42.0 Å². The van der Waals surface area contributed by atoms with Gasteiger partial charge in [-0.25, -0.2) is 0 Å². The number of ether oxygens (including phenoxy) is 1. The van der Waals surface area contributed by atoms with Gasteiger partial charge in [-0.05, 0) is 61.1 Å². The first-order valence-electron chi connectivity index (χ1n) is 8.53. The largest absolute Gasteiger partial charge is 0.494 e. The third-order valence-corrected chi connectivity index (χ3v) is 5.17. The number of benzene rings is 2. The molecule has 0 saturated carbocycles. The van der Waals surface area contributed by atoms with Crippen LogP contribution in [0.5, 0.6) is 5.75 Å². The van der Waals surface area contributed by atoms with E-state index >= 15 is 0 Å². The maximum atomic E-state index is 5.70. The van der Waals surface area contributed by atoms with Crippen LogP contribution in [0.15, 0.2) is 54.6 Å². The number of fused-ring (bicyclic) bond motifs is 3. The summed E-state index contributed by atoms with van der Waals surface area (Å²) in [5.74, 6) is 2.04. The summed E-state index contributed by atoms with van der Waals surface area (Å²) in [5, 5.41) is 3.80. The lowest BCUT2D eigenvalue weighted by molar-refractivity contribution is 0.338. The molecule has 0 fully saturated rings. The number of allylic oxidation sites excluding steroid dienone is 2. The van der Waals surface area contributed by atoms with Gasteiger partial charge in [0.15, 0.2) is 0 Å². The molecule has 1 heterocycles. The van der Waals surface area contributed by atoms with E-state index in [-0.39, 0.29) is 0 Å². The second-order valence-electron chi connectivity index (χ2n) is 6.51. The first kappa shape index (κ1) is 14.4. The van der Waals surface area contributed by atoms with Gasteiger partial charge < -0.3 is 10.1 Å². The number of rotatable bonds is 3. The highest BCUT2D eigenvalue weighted by molar-refractivity contribution is 5.62. The molecule has 3 atom stereocenters. The van der Waals surface area contributed by atoms with E-state index in [4.69, 9.17) is 4.74 Å². The standard InChI is InChI=1S/C21H23NO/c1-3-23-15-11-12-20-19(13-15)17-9-6-10-18(17)21(22-20)16-8-5-4-7-14(16)2/h4-9,11-13,17-18,21-22H,3,10H2,1-2H3. The lowest BCUT2D eigenvalue weighted by Gasteiger charge is -2.38. The summed E-state index contributed by atoms with van der Waals surface area (Å²) < 4.78 is 5.70. The lowest BCUT2D eigenvalue weighted by Crippen LogP contribution is -2.29. The molecule has 4 rings (SSSR count). The Labute approximate surface area is 138 Å². The zero-order valence-electron chi connectivity index (χ0n) is 13.8. The van der Waals surface area contributed by atoms with Crippen LogP contribution in [-0.2, 0) is 0 Å². The van der Waals surface area contributed by atoms with Crippen LogP contribution >= 0.6 is 0 Å². The molecule has 0 amide bonds. The van der Waals surface area contributed by atoms with Gasteiger partial charge in [0, 0.05) is 11.6 Å². The fraction of sp³-hybridized carbons (Fsp3) is 0.333. The molecule has 23 heavy (non-hydrogen) atoms. The quantitative estimate of drug-likeness (QED) is 0.785. The molecule has 0 saturated heterocycles. The van der Waals surface area contributed by atoms with Crippen LogP contribution in [0.3, 0.4) is 0 Å². The van der Waals surface area contributed by atoms with Crippen LogP contribution < -0.4 is 10.1 Å². The molecule has 2 aromatic rings. The van der Waals surface area contributed by atoms with Gasteiger partial charge in [0.1, 0.15) is 5.75 Å². The fourth-order valence-corrected chi connectivity index (χ4v) is 4.07. The molecule has 1 aliphatic heterocycles. The minimum atomic E-state index is 0.377. The van der Waals surface area contributed by atoms with Crippen LogP contribution in [0.25, 0.3) is 0 Å². The predicted molar refractivity (Wildman–Crippen MR) is 95.1 cm³/mol. The second-order valence-corrected chi connectivity index (χ2v) is 6.51. The van der Waals surface area contributed by atoms with Crippen molar-refractivity contribution in [1.82, 2.24) is 0 Å². The van der Waals surface area contributed by atoms with Gasteiger partial charge in [-0.15, -0.1) is 0 Å². The summed E-state index contributed by atoms with van der Waals surface area (Å²) in [6.45, 7) is 4.95. The third kappa shape index (κ3) is 2.42. The highest BCUT2D eigenvalue weighted by Crippen LogP contribution is 2.50. The van der Waals surface area contributed by atoms with Crippen LogP contribution in [0.4, 0.5) is 5.69 Å². The van der Waals surface area contributed by atoms with Crippen molar-refractivity contribution in [2.24, 2.45) is 5.92 Å². The summed E-state index contributed by atoms with van der Waals surface area (Å²) in [6, 6.07) is 15.6. The van der Waals surface area contributed by atoms with E-state index in [1.54, 1.807) is 0 Å². The van der Waals surface area contributed by atoms with Crippen molar-refractivity contribution in [1.29, 1.82) is 0 Å². The topological polar surface area (TPSA) is 21.3 Å². The van der Waals surface area contributed by atoms with E-state index in [9.17, 15) is 0 Å². The second kappa shape index (κ2) is 5.77. The summed E-state index contributed by atoms with van der Waals surface area (Å²) in [7, 11) is 0. The van der Waals surface area contributed by atoms with Crippen LogP contribution in [0.2, 0.25) is 0 Å². The van der Waals surface area contributed by atoms with E-state index < -0.39 is 0 Å². The van der Waals surface area contributed by atoms with E-state index in [0.717, 1.165) is 12.2 Å². The maximum absolute atomic E-state index is 5.70. The summed E-state index contributed by atoms with van der Waals surface area (Å²) >= 11 is 0. The minimum Gasteiger partial charge on any atom is -0.494 e. The Bertz CT molecular complexity index is 749. The first-order valence-corrected chi connectivity index (χ1v) is 8.53. The summed E-state index contributed by atoms with van der Waals surface area (Å²) in [5.41, 5.74) is 5.41. The lowest BCUT2D eigenvalue weighted by atomic mass is 9.76. The Hall–Kier alpha value is -2.22. The average Bonchev–Trinajstić information content (AvgIpc) is 3.05. The van der Waals surface area contributed by atoms with E-state index in [1.165, 1.54) is 22.4 Å². The molecule has 118 valence electrons. The smallest absolute Gasteiger partial charge is 0.119 e. The Morgan fingerprint density at radius 3 is 2.83 bits per heavy atom. The van der Waals surface area contributed by atoms with E-state index in [1.807, 2.05) is 6.92 Å². The molecule has 0 spiro atoms.